The second-order valence-electron chi connectivity index (χ2n) is 8.21. The van der Waals surface area contributed by atoms with Crippen LogP contribution in [0.25, 0.3) is 10.9 Å². The highest BCUT2D eigenvalue weighted by molar-refractivity contribution is 5.95. The van der Waals surface area contributed by atoms with Gasteiger partial charge in [0.1, 0.15) is 6.54 Å². The summed E-state index contributed by atoms with van der Waals surface area (Å²) in [5.74, 6) is 0.886. The minimum atomic E-state index is -0.251. The van der Waals surface area contributed by atoms with Crippen molar-refractivity contribution in [2.45, 2.75) is 51.6 Å². The van der Waals surface area contributed by atoms with Gasteiger partial charge in [-0.25, -0.2) is 0 Å². The quantitative estimate of drug-likeness (QED) is 0.776. The number of anilines is 1. The Morgan fingerprint density at radius 1 is 1.21 bits per heavy atom. The molecule has 2 aliphatic rings. The summed E-state index contributed by atoms with van der Waals surface area (Å²) in [6.45, 7) is 2.37. The molecule has 2 saturated carbocycles. The molecule has 4 rings (SSSR count). The number of carbonyl (C=O) groups excluding carboxylic acids is 2. The van der Waals surface area contributed by atoms with Crippen molar-refractivity contribution in [1.82, 2.24) is 4.57 Å². The Bertz CT molecular complexity index is 861. The fourth-order valence-electron chi connectivity index (χ4n) is 5.01. The molecule has 2 aliphatic carbocycles. The van der Waals surface area contributed by atoms with Crippen LogP contribution in [0.5, 0.6) is 0 Å². The summed E-state index contributed by atoms with van der Waals surface area (Å²) in [5.41, 5.74) is 8.10. The van der Waals surface area contributed by atoms with Gasteiger partial charge in [-0.2, -0.15) is 0 Å². The molecule has 0 spiro atoms. The molecule has 2 atom stereocenters. The van der Waals surface area contributed by atoms with E-state index in [-0.39, 0.29) is 30.4 Å². The summed E-state index contributed by atoms with van der Waals surface area (Å²) in [6.07, 6.45) is 7.24. The zero-order valence-corrected chi connectivity index (χ0v) is 16.4. The fraction of sp³-hybridized carbons (Fsp3) is 0.545. The number of carbonyl (C=O) groups is 2. The molecule has 2 aromatic rings. The van der Waals surface area contributed by atoms with E-state index in [1.165, 1.54) is 6.42 Å². The lowest BCUT2D eigenvalue weighted by molar-refractivity contribution is -0.143. The van der Waals surface area contributed by atoms with E-state index >= 15 is 0 Å². The zero-order chi connectivity index (χ0) is 19.7. The Labute approximate surface area is 165 Å². The van der Waals surface area contributed by atoms with Crippen LogP contribution in [0.1, 0.15) is 39.0 Å². The predicted molar refractivity (Wildman–Crippen MR) is 109 cm³/mol. The maximum atomic E-state index is 12.8. The van der Waals surface area contributed by atoms with Crippen LogP contribution < -0.4 is 11.1 Å². The number of amides is 1. The number of esters is 1. The van der Waals surface area contributed by atoms with E-state index in [1.54, 1.807) is 6.92 Å². The van der Waals surface area contributed by atoms with Crippen molar-refractivity contribution in [1.29, 1.82) is 0 Å². The van der Waals surface area contributed by atoms with E-state index in [9.17, 15) is 9.59 Å². The summed E-state index contributed by atoms with van der Waals surface area (Å²) in [6, 6.07) is 8.03. The monoisotopic (exact) mass is 383 g/mol. The van der Waals surface area contributed by atoms with Crippen molar-refractivity contribution < 1.29 is 14.3 Å². The van der Waals surface area contributed by atoms with Crippen LogP contribution in [0.2, 0.25) is 0 Å². The fourth-order valence-corrected chi connectivity index (χ4v) is 5.01. The molecule has 1 amide bonds. The van der Waals surface area contributed by atoms with E-state index in [0.717, 1.165) is 42.3 Å². The third-order valence-corrected chi connectivity index (χ3v) is 6.43. The zero-order valence-electron chi connectivity index (χ0n) is 16.4. The van der Waals surface area contributed by atoms with Crippen LogP contribution in [-0.4, -0.2) is 29.1 Å². The lowest BCUT2D eigenvalue weighted by Crippen LogP contribution is -2.48. The number of hydrogen-bond donors (Lipinski definition) is 2. The van der Waals surface area contributed by atoms with Gasteiger partial charge < -0.3 is 20.4 Å². The van der Waals surface area contributed by atoms with Gasteiger partial charge in [-0.3, -0.25) is 9.59 Å². The smallest absolute Gasteiger partial charge is 0.325 e. The number of benzene rings is 1. The van der Waals surface area contributed by atoms with Crippen LogP contribution in [0.3, 0.4) is 0 Å². The molecule has 28 heavy (non-hydrogen) atoms. The van der Waals surface area contributed by atoms with Gasteiger partial charge in [0.15, 0.2) is 0 Å². The Morgan fingerprint density at radius 3 is 2.68 bits per heavy atom. The van der Waals surface area contributed by atoms with Gasteiger partial charge in [0.2, 0.25) is 5.91 Å². The summed E-state index contributed by atoms with van der Waals surface area (Å²) >= 11 is 0. The van der Waals surface area contributed by atoms with E-state index in [4.69, 9.17) is 10.5 Å². The number of nitrogens with one attached hydrogen (secondary N) is 1. The maximum absolute atomic E-state index is 12.8. The highest BCUT2D eigenvalue weighted by Crippen LogP contribution is 2.42. The Balaban J connectivity index is 1.43. The molecule has 6 heteroatoms. The standard InChI is InChI=1S/C22H29N3O3/c1-2-28-20(26)13-25-9-8-14-12-18(6-7-19(14)25)24-22(27)17-10-15-4-3-5-16(11-17)21(15)23/h6-9,12,15-17,21H,2-5,10-11,13,23H2,1H3,(H,24,27). The molecule has 2 fully saturated rings. The first-order chi connectivity index (χ1) is 13.5. The molecule has 0 aliphatic heterocycles. The van der Waals surface area contributed by atoms with Crippen LogP contribution in [0, 0.1) is 17.8 Å². The SMILES string of the molecule is CCOC(=O)Cn1ccc2cc(NC(=O)C3CC4CCCC(C3)C4N)ccc21. The molecule has 3 N–H and O–H groups in total. The molecule has 6 nitrogen and oxygen atoms in total. The van der Waals surface area contributed by atoms with Crippen molar-refractivity contribution in [3.8, 4) is 0 Å². The van der Waals surface area contributed by atoms with Gasteiger partial charge in [-0.05, 0) is 68.7 Å². The number of aromatic nitrogens is 1. The number of rotatable bonds is 5. The Kier molecular flexibility index (Phi) is 5.40. The van der Waals surface area contributed by atoms with Gasteiger partial charge in [0.25, 0.3) is 0 Å². The molecule has 0 saturated heterocycles. The van der Waals surface area contributed by atoms with Crippen LogP contribution in [0.4, 0.5) is 5.69 Å². The summed E-state index contributed by atoms with van der Waals surface area (Å²) in [4.78, 5) is 24.6. The third kappa shape index (κ3) is 3.78. The van der Waals surface area contributed by atoms with Crippen molar-refractivity contribution in [2.24, 2.45) is 23.5 Å². The van der Waals surface area contributed by atoms with E-state index in [0.29, 0.717) is 18.4 Å². The molecular weight excluding hydrogens is 354 g/mol. The van der Waals surface area contributed by atoms with Gasteiger partial charge in [-0.15, -0.1) is 0 Å². The number of hydrogen-bond acceptors (Lipinski definition) is 4. The van der Waals surface area contributed by atoms with Crippen molar-refractivity contribution in [2.75, 3.05) is 11.9 Å². The topological polar surface area (TPSA) is 86.3 Å². The second kappa shape index (κ2) is 7.95. The van der Waals surface area contributed by atoms with Crippen molar-refractivity contribution in [3.63, 3.8) is 0 Å². The number of nitrogens with zero attached hydrogens (tertiary/aromatic N) is 1. The molecule has 2 unspecified atom stereocenters. The highest BCUT2D eigenvalue weighted by atomic mass is 16.5. The normalized spacial score (nSPS) is 26.8. The van der Waals surface area contributed by atoms with Gasteiger partial charge in [0, 0.05) is 34.7 Å². The van der Waals surface area contributed by atoms with Crippen LogP contribution >= 0.6 is 0 Å². The third-order valence-electron chi connectivity index (χ3n) is 6.43. The van der Waals surface area contributed by atoms with E-state index < -0.39 is 0 Å². The van der Waals surface area contributed by atoms with Crippen molar-refractivity contribution in [3.05, 3.63) is 30.5 Å². The van der Waals surface area contributed by atoms with Crippen LogP contribution in [-0.2, 0) is 20.9 Å². The maximum Gasteiger partial charge on any atom is 0.325 e. The van der Waals surface area contributed by atoms with Crippen molar-refractivity contribution >= 4 is 28.5 Å². The summed E-state index contributed by atoms with van der Waals surface area (Å²) in [7, 11) is 0. The minimum Gasteiger partial charge on any atom is -0.465 e. The molecule has 1 aromatic heterocycles. The molecular formula is C22H29N3O3. The molecule has 150 valence electrons. The first-order valence-electron chi connectivity index (χ1n) is 10.4. The summed E-state index contributed by atoms with van der Waals surface area (Å²) in [5, 5.41) is 4.09. The Morgan fingerprint density at radius 2 is 1.96 bits per heavy atom. The van der Waals surface area contributed by atoms with Crippen LogP contribution in [0.15, 0.2) is 30.5 Å². The van der Waals surface area contributed by atoms with E-state index in [1.807, 2.05) is 35.0 Å². The van der Waals surface area contributed by atoms with Gasteiger partial charge in [-0.1, -0.05) is 6.42 Å². The number of ether oxygens (including phenoxy) is 1. The second-order valence-corrected chi connectivity index (χ2v) is 8.21. The molecule has 0 radical (unpaired) electrons. The largest absolute Gasteiger partial charge is 0.465 e. The molecule has 1 aromatic carbocycles. The lowest BCUT2D eigenvalue weighted by Gasteiger charge is -2.43. The summed E-state index contributed by atoms with van der Waals surface area (Å²) < 4.78 is 6.88. The lowest BCUT2D eigenvalue weighted by atomic mass is 9.65. The average Bonchev–Trinajstić information content (AvgIpc) is 3.03. The molecule has 2 bridgehead atoms. The highest BCUT2D eigenvalue weighted by Gasteiger charge is 2.40. The number of nitrogens with two attached hydrogens (primary N) is 1. The average molecular weight is 383 g/mol. The Hall–Kier alpha value is -2.34. The minimum absolute atomic E-state index is 0.0548. The van der Waals surface area contributed by atoms with E-state index in [2.05, 4.69) is 5.32 Å². The predicted octanol–water partition coefficient (Wildman–Crippen LogP) is 3.30. The first kappa shape index (κ1) is 19.0. The van der Waals surface area contributed by atoms with Gasteiger partial charge >= 0.3 is 5.97 Å². The van der Waals surface area contributed by atoms with Gasteiger partial charge in [0.05, 0.1) is 6.61 Å². The first-order valence-corrected chi connectivity index (χ1v) is 10.4. The number of fused-ring (bicyclic) bond motifs is 3. The molecule has 1 heterocycles.